The summed E-state index contributed by atoms with van der Waals surface area (Å²) in [6, 6.07) is 12.7. The van der Waals surface area contributed by atoms with Crippen molar-refractivity contribution in [2.75, 3.05) is 25.0 Å². The predicted octanol–water partition coefficient (Wildman–Crippen LogP) is 4.71. The second kappa shape index (κ2) is 8.76. The molecule has 2 aliphatic heterocycles. The summed E-state index contributed by atoms with van der Waals surface area (Å²) >= 11 is 1.88. The van der Waals surface area contributed by atoms with Crippen molar-refractivity contribution in [3.8, 4) is 0 Å². The van der Waals surface area contributed by atoms with Crippen LogP contribution in [-0.4, -0.2) is 36.6 Å². The largest absolute Gasteiger partial charge is 0.377 e. The molecule has 1 amide bonds. The number of hydrogen-bond acceptors (Lipinski definition) is 4. The minimum absolute atomic E-state index is 0.0270. The van der Waals surface area contributed by atoms with E-state index in [2.05, 4.69) is 39.9 Å². The Labute approximate surface area is 171 Å². The smallest absolute Gasteiger partial charge is 0.221 e. The molecule has 1 aromatic carbocycles. The van der Waals surface area contributed by atoms with Crippen molar-refractivity contribution in [2.45, 2.75) is 51.7 Å². The van der Waals surface area contributed by atoms with Crippen LogP contribution in [0.15, 0.2) is 41.8 Å². The highest BCUT2D eigenvalue weighted by Crippen LogP contribution is 2.45. The van der Waals surface area contributed by atoms with Gasteiger partial charge in [-0.1, -0.05) is 18.2 Å². The van der Waals surface area contributed by atoms with Gasteiger partial charge in [-0.2, -0.15) is 0 Å². The van der Waals surface area contributed by atoms with Gasteiger partial charge in [0, 0.05) is 30.6 Å². The second-order valence-electron chi connectivity index (χ2n) is 8.24. The topological polar surface area (TPSA) is 41.6 Å². The first-order chi connectivity index (χ1) is 13.6. The molecule has 4 nitrogen and oxygen atoms in total. The van der Waals surface area contributed by atoms with Crippen molar-refractivity contribution in [2.24, 2.45) is 5.41 Å². The average molecular weight is 399 g/mol. The maximum Gasteiger partial charge on any atom is 0.221 e. The molecule has 1 aromatic heterocycles. The zero-order chi connectivity index (χ0) is 19.4. The van der Waals surface area contributed by atoms with E-state index in [1.165, 1.54) is 49.5 Å². The lowest BCUT2D eigenvalue weighted by atomic mass is 9.68. The summed E-state index contributed by atoms with van der Waals surface area (Å²) in [7, 11) is 0. The van der Waals surface area contributed by atoms with Gasteiger partial charge in [0.05, 0.1) is 6.10 Å². The lowest BCUT2D eigenvalue weighted by Crippen LogP contribution is -2.51. The molecule has 2 aliphatic rings. The fourth-order valence-corrected chi connectivity index (χ4v) is 5.30. The standard InChI is InChI=1S/C23H30N2O2S/c1-18(26)24-20-6-4-19(5-7-20)17-25-13-11-23(12-14-25,22-9-15-27-22)10-8-21-3-2-16-28-21/h2-7,16,22H,8-15,17H2,1H3,(H,24,26). The Bertz CT molecular complexity index is 760. The molecule has 0 spiro atoms. The predicted molar refractivity (Wildman–Crippen MR) is 115 cm³/mol. The number of hydrogen-bond donors (Lipinski definition) is 1. The van der Waals surface area contributed by atoms with Crippen LogP contribution in [0.2, 0.25) is 0 Å². The molecule has 0 saturated carbocycles. The Morgan fingerprint density at radius 1 is 1.25 bits per heavy atom. The van der Waals surface area contributed by atoms with Gasteiger partial charge >= 0.3 is 0 Å². The number of anilines is 1. The van der Waals surface area contributed by atoms with Crippen molar-refractivity contribution < 1.29 is 9.53 Å². The number of benzene rings is 1. The molecule has 0 bridgehead atoms. The maximum atomic E-state index is 11.2. The monoisotopic (exact) mass is 398 g/mol. The van der Waals surface area contributed by atoms with Gasteiger partial charge in [0.25, 0.3) is 0 Å². The Morgan fingerprint density at radius 2 is 2.00 bits per heavy atom. The van der Waals surface area contributed by atoms with Gasteiger partial charge in [-0.3, -0.25) is 9.69 Å². The number of carbonyl (C=O) groups is 1. The van der Waals surface area contributed by atoms with Crippen molar-refractivity contribution >= 4 is 22.9 Å². The molecule has 0 radical (unpaired) electrons. The maximum absolute atomic E-state index is 11.2. The number of ether oxygens (including phenoxy) is 1. The highest BCUT2D eigenvalue weighted by molar-refractivity contribution is 7.09. The van der Waals surface area contributed by atoms with Crippen LogP contribution in [-0.2, 0) is 22.5 Å². The van der Waals surface area contributed by atoms with E-state index in [1.807, 2.05) is 23.5 Å². The number of aryl methyl sites for hydroxylation is 1. The Hall–Kier alpha value is -1.69. The Kier molecular flexibility index (Phi) is 6.14. The number of amides is 1. The summed E-state index contributed by atoms with van der Waals surface area (Å²) < 4.78 is 5.99. The summed E-state index contributed by atoms with van der Waals surface area (Å²) in [4.78, 5) is 15.2. The van der Waals surface area contributed by atoms with Crippen LogP contribution >= 0.6 is 11.3 Å². The van der Waals surface area contributed by atoms with E-state index >= 15 is 0 Å². The number of carbonyl (C=O) groups excluding carboxylic acids is 1. The van der Waals surface area contributed by atoms with Crippen LogP contribution in [0.25, 0.3) is 0 Å². The molecule has 150 valence electrons. The SMILES string of the molecule is CC(=O)Nc1ccc(CN2CCC(CCc3cccs3)(C3CCO3)CC2)cc1. The van der Waals surface area contributed by atoms with E-state index in [9.17, 15) is 4.79 Å². The highest BCUT2D eigenvalue weighted by Gasteiger charge is 2.44. The lowest BCUT2D eigenvalue weighted by molar-refractivity contribution is -0.148. The first kappa shape index (κ1) is 19.6. The molecule has 2 fully saturated rings. The Balaban J connectivity index is 1.33. The van der Waals surface area contributed by atoms with E-state index in [1.54, 1.807) is 0 Å². The number of likely N-dealkylation sites (tertiary alicyclic amines) is 1. The summed E-state index contributed by atoms with van der Waals surface area (Å²) in [5.41, 5.74) is 2.53. The van der Waals surface area contributed by atoms with Crippen molar-refractivity contribution in [3.05, 3.63) is 52.2 Å². The van der Waals surface area contributed by atoms with Crippen LogP contribution in [0, 0.1) is 5.41 Å². The van der Waals surface area contributed by atoms with Gasteiger partial charge in [0.15, 0.2) is 0 Å². The molecule has 2 saturated heterocycles. The fourth-order valence-electron chi connectivity index (χ4n) is 4.59. The molecule has 5 heteroatoms. The number of rotatable bonds is 7. The second-order valence-corrected chi connectivity index (χ2v) is 9.28. The van der Waals surface area contributed by atoms with E-state index in [0.29, 0.717) is 11.5 Å². The quantitative estimate of drug-likeness (QED) is 0.734. The molecule has 2 aromatic rings. The number of nitrogens with zero attached hydrogens (tertiary/aromatic N) is 1. The van der Waals surface area contributed by atoms with E-state index in [-0.39, 0.29) is 5.91 Å². The summed E-state index contributed by atoms with van der Waals surface area (Å²) in [5, 5.41) is 5.01. The van der Waals surface area contributed by atoms with Gasteiger partial charge in [-0.05, 0) is 79.8 Å². The molecule has 3 heterocycles. The minimum Gasteiger partial charge on any atom is -0.377 e. The van der Waals surface area contributed by atoms with Gasteiger partial charge in [-0.25, -0.2) is 0 Å². The van der Waals surface area contributed by atoms with Gasteiger partial charge in [0.2, 0.25) is 5.91 Å². The summed E-state index contributed by atoms with van der Waals surface area (Å²) in [6.45, 7) is 5.73. The third kappa shape index (κ3) is 4.65. The lowest BCUT2D eigenvalue weighted by Gasteiger charge is -2.50. The third-order valence-electron chi connectivity index (χ3n) is 6.36. The first-order valence-electron chi connectivity index (χ1n) is 10.4. The molecule has 1 N–H and O–H groups in total. The van der Waals surface area contributed by atoms with Gasteiger partial charge < -0.3 is 10.1 Å². The number of nitrogens with one attached hydrogen (secondary N) is 1. The average Bonchev–Trinajstić information content (AvgIpc) is 3.15. The van der Waals surface area contributed by atoms with Crippen LogP contribution < -0.4 is 5.32 Å². The first-order valence-corrected chi connectivity index (χ1v) is 11.2. The molecule has 28 heavy (non-hydrogen) atoms. The van der Waals surface area contributed by atoms with Gasteiger partial charge in [0.1, 0.15) is 0 Å². The fraction of sp³-hybridized carbons (Fsp3) is 0.522. The minimum atomic E-state index is -0.0270. The normalized spacial score (nSPS) is 21.8. The molecular weight excluding hydrogens is 368 g/mol. The molecule has 4 rings (SSSR count). The van der Waals surface area contributed by atoms with E-state index in [4.69, 9.17) is 4.74 Å². The highest BCUT2D eigenvalue weighted by atomic mass is 32.1. The summed E-state index contributed by atoms with van der Waals surface area (Å²) in [6.07, 6.45) is 6.58. The van der Waals surface area contributed by atoms with E-state index in [0.717, 1.165) is 31.9 Å². The van der Waals surface area contributed by atoms with E-state index < -0.39 is 0 Å². The zero-order valence-electron chi connectivity index (χ0n) is 16.7. The number of thiophene rings is 1. The van der Waals surface area contributed by atoms with Gasteiger partial charge in [-0.15, -0.1) is 11.3 Å². The molecule has 1 unspecified atom stereocenters. The molecule has 0 aliphatic carbocycles. The van der Waals surface area contributed by atoms with Crippen molar-refractivity contribution in [3.63, 3.8) is 0 Å². The zero-order valence-corrected chi connectivity index (χ0v) is 17.5. The molecule has 1 atom stereocenters. The summed E-state index contributed by atoms with van der Waals surface area (Å²) in [5.74, 6) is -0.0270. The van der Waals surface area contributed by atoms with Crippen molar-refractivity contribution in [1.82, 2.24) is 4.90 Å². The van der Waals surface area contributed by atoms with Crippen LogP contribution in [0.5, 0.6) is 0 Å². The van der Waals surface area contributed by atoms with Crippen LogP contribution in [0.1, 0.15) is 43.0 Å². The van der Waals surface area contributed by atoms with Crippen LogP contribution in [0.4, 0.5) is 5.69 Å². The Morgan fingerprint density at radius 3 is 2.57 bits per heavy atom. The van der Waals surface area contributed by atoms with Crippen molar-refractivity contribution in [1.29, 1.82) is 0 Å². The third-order valence-corrected chi connectivity index (χ3v) is 7.30. The molecular formula is C23H30N2O2S. The number of piperidine rings is 1. The van der Waals surface area contributed by atoms with Crippen LogP contribution in [0.3, 0.4) is 0 Å².